The fraction of sp³-hybridized carbons (Fsp3) is 0.650. The van der Waals surface area contributed by atoms with E-state index in [1.54, 1.807) is 0 Å². The maximum Gasteiger partial charge on any atom is 0.234 e. The number of fused-ring (bicyclic) bond motifs is 1. The van der Waals surface area contributed by atoms with Gasteiger partial charge in [0.2, 0.25) is 5.91 Å². The molecule has 1 N–H and O–H groups in total. The predicted octanol–water partition coefficient (Wildman–Crippen LogP) is 3.19. The lowest BCUT2D eigenvalue weighted by molar-refractivity contribution is -0.123. The highest BCUT2D eigenvalue weighted by atomic mass is 32.2. The largest absolute Gasteiger partial charge is 0.354 e. The number of nitrogens with zero attached hydrogens (tertiary/aromatic N) is 1. The molecular weight excluding hydrogens is 316 g/mol. The minimum absolute atomic E-state index is 0.210. The quantitative estimate of drug-likeness (QED) is 0.890. The SMILES string of the molecule is O=C(CN1CCS[C@@H]2CCCC[C@@H]21)NCC1(c2ccccc2)CC1. The lowest BCUT2D eigenvalue weighted by Crippen LogP contribution is -2.52. The second-order valence-corrected chi connectivity index (χ2v) is 9.00. The van der Waals surface area contributed by atoms with Crippen molar-refractivity contribution in [2.75, 3.05) is 25.4 Å². The average Bonchev–Trinajstić information content (AvgIpc) is 3.42. The molecule has 2 aliphatic carbocycles. The molecule has 3 fully saturated rings. The fourth-order valence-corrected chi connectivity index (χ4v) is 5.90. The zero-order valence-electron chi connectivity index (χ0n) is 14.4. The van der Waals surface area contributed by atoms with Gasteiger partial charge in [-0.05, 0) is 31.2 Å². The molecule has 0 radical (unpaired) electrons. The smallest absolute Gasteiger partial charge is 0.234 e. The van der Waals surface area contributed by atoms with Gasteiger partial charge in [-0.2, -0.15) is 11.8 Å². The number of thioether (sulfide) groups is 1. The molecule has 4 rings (SSSR count). The summed E-state index contributed by atoms with van der Waals surface area (Å²) in [6.07, 6.45) is 7.71. The summed E-state index contributed by atoms with van der Waals surface area (Å²) in [5, 5.41) is 4.00. The standard InChI is InChI=1S/C20H28N2OS/c23-19(14-22-12-13-24-18-9-5-4-8-17(18)22)21-15-20(10-11-20)16-6-2-1-3-7-16/h1-3,6-7,17-18H,4-5,8-15H2,(H,21,23)/t17-,18+/m0/s1. The molecule has 1 aromatic rings. The second-order valence-electron chi connectivity index (χ2n) is 7.65. The first-order valence-corrected chi connectivity index (χ1v) is 10.5. The van der Waals surface area contributed by atoms with E-state index in [1.807, 2.05) is 0 Å². The van der Waals surface area contributed by atoms with E-state index < -0.39 is 0 Å². The van der Waals surface area contributed by atoms with Crippen LogP contribution in [-0.4, -0.2) is 47.5 Å². The normalized spacial score (nSPS) is 28.8. The molecule has 2 saturated carbocycles. The minimum atomic E-state index is 0.210. The molecule has 1 amide bonds. The van der Waals surface area contributed by atoms with Crippen LogP contribution in [0.25, 0.3) is 0 Å². The van der Waals surface area contributed by atoms with Gasteiger partial charge in [-0.15, -0.1) is 0 Å². The molecule has 3 aliphatic rings. The van der Waals surface area contributed by atoms with E-state index in [2.05, 4.69) is 52.3 Å². The summed E-state index contributed by atoms with van der Waals surface area (Å²) in [7, 11) is 0. The van der Waals surface area contributed by atoms with Crippen LogP contribution in [0.5, 0.6) is 0 Å². The number of nitrogens with one attached hydrogen (secondary N) is 1. The number of benzene rings is 1. The predicted molar refractivity (Wildman–Crippen MR) is 100 cm³/mol. The van der Waals surface area contributed by atoms with Crippen LogP contribution < -0.4 is 5.32 Å². The van der Waals surface area contributed by atoms with Crippen molar-refractivity contribution in [3.05, 3.63) is 35.9 Å². The zero-order chi connectivity index (χ0) is 16.4. The first kappa shape index (κ1) is 16.5. The van der Waals surface area contributed by atoms with Crippen molar-refractivity contribution in [2.24, 2.45) is 0 Å². The lowest BCUT2D eigenvalue weighted by atomic mass is 9.93. The summed E-state index contributed by atoms with van der Waals surface area (Å²) in [6, 6.07) is 11.3. The van der Waals surface area contributed by atoms with Gasteiger partial charge in [-0.1, -0.05) is 43.2 Å². The average molecular weight is 345 g/mol. The fourth-order valence-electron chi connectivity index (χ4n) is 4.39. The van der Waals surface area contributed by atoms with Crippen LogP contribution in [0, 0.1) is 0 Å². The maximum absolute atomic E-state index is 12.5. The van der Waals surface area contributed by atoms with Crippen LogP contribution in [0.15, 0.2) is 30.3 Å². The van der Waals surface area contributed by atoms with E-state index in [0.29, 0.717) is 12.6 Å². The van der Waals surface area contributed by atoms with Gasteiger partial charge in [0.15, 0.2) is 0 Å². The number of amides is 1. The lowest BCUT2D eigenvalue weighted by Gasteiger charge is -2.43. The molecule has 0 bridgehead atoms. The molecule has 24 heavy (non-hydrogen) atoms. The van der Waals surface area contributed by atoms with Gasteiger partial charge in [-0.25, -0.2) is 0 Å². The molecular formula is C20H28N2OS. The molecule has 4 heteroatoms. The molecule has 2 atom stereocenters. The summed E-state index contributed by atoms with van der Waals surface area (Å²) in [5.74, 6) is 1.40. The number of hydrogen-bond donors (Lipinski definition) is 1. The monoisotopic (exact) mass is 344 g/mol. The Bertz CT molecular complexity index is 570. The highest BCUT2D eigenvalue weighted by Crippen LogP contribution is 2.47. The summed E-state index contributed by atoms with van der Waals surface area (Å²) < 4.78 is 0. The third-order valence-corrected chi connectivity index (χ3v) is 7.45. The van der Waals surface area contributed by atoms with Gasteiger partial charge in [0.25, 0.3) is 0 Å². The second kappa shape index (κ2) is 7.09. The van der Waals surface area contributed by atoms with E-state index in [9.17, 15) is 4.79 Å². The molecule has 1 aromatic carbocycles. The number of rotatable bonds is 5. The maximum atomic E-state index is 12.5. The summed E-state index contributed by atoms with van der Waals surface area (Å²) in [6.45, 7) is 2.46. The zero-order valence-corrected chi connectivity index (χ0v) is 15.2. The van der Waals surface area contributed by atoms with Gasteiger partial charge in [-0.3, -0.25) is 9.69 Å². The number of carbonyl (C=O) groups is 1. The Balaban J connectivity index is 1.31. The first-order chi connectivity index (χ1) is 11.8. The van der Waals surface area contributed by atoms with Crippen molar-refractivity contribution >= 4 is 17.7 Å². The van der Waals surface area contributed by atoms with Crippen molar-refractivity contribution in [1.82, 2.24) is 10.2 Å². The Hall–Kier alpha value is -1.00. The van der Waals surface area contributed by atoms with Crippen LogP contribution in [-0.2, 0) is 10.2 Å². The molecule has 1 heterocycles. The van der Waals surface area contributed by atoms with Crippen LogP contribution in [0.3, 0.4) is 0 Å². The molecule has 0 unspecified atom stereocenters. The minimum Gasteiger partial charge on any atom is -0.354 e. The molecule has 130 valence electrons. The number of hydrogen-bond acceptors (Lipinski definition) is 3. The highest BCUT2D eigenvalue weighted by molar-refractivity contribution is 8.00. The van der Waals surface area contributed by atoms with E-state index in [-0.39, 0.29) is 11.3 Å². The molecule has 0 aromatic heterocycles. The Kier molecular flexibility index (Phi) is 4.86. The number of carbonyl (C=O) groups excluding carboxylic acids is 1. The molecule has 1 aliphatic heterocycles. The van der Waals surface area contributed by atoms with E-state index >= 15 is 0 Å². The van der Waals surface area contributed by atoms with Crippen molar-refractivity contribution in [1.29, 1.82) is 0 Å². The summed E-state index contributed by atoms with van der Waals surface area (Å²) in [5.41, 5.74) is 1.59. The summed E-state index contributed by atoms with van der Waals surface area (Å²) >= 11 is 2.13. The van der Waals surface area contributed by atoms with Crippen molar-refractivity contribution < 1.29 is 4.79 Å². The molecule has 3 nitrogen and oxygen atoms in total. The van der Waals surface area contributed by atoms with E-state index in [1.165, 1.54) is 49.8 Å². The third-order valence-electron chi connectivity index (χ3n) is 6.06. The van der Waals surface area contributed by atoms with Gasteiger partial charge in [0.05, 0.1) is 6.54 Å². The third kappa shape index (κ3) is 3.50. The highest BCUT2D eigenvalue weighted by Gasteiger charge is 2.44. The topological polar surface area (TPSA) is 32.3 Å². The van der Waals surface area contributed by atoms with Crippen LogP contribution >= 0.6 is 11.8 Å². The Morgan fingerprint density at radius 3 is 2.79 bits per heavy atom. The van der Waals surface area contributed by atoms with Crippen LogP contribution in [0.1, 0.15) is 44.1 Å². The molecule has 1 saturated heterocycles. The van der Waals surface area contributed by atoms with Crippen LogP contribution in [0.2, 0.25) is 0 Å². The van der Waals surface area contributed by atoms with Gasteiger partial charge < -0.3 is 5.32 Å². The van der Waals surface area contributed by atoms with Crippen molar-refractivity contribution in [3.8, 4) is 0 Å². The Labute approximate surface area is 149 Å². The van der Waals surface area contributed by atoms with Crippen molar-refractivity contribution in [3.63, 3.8) is 0 Å². The Morgan fingerprint density at radius 2 is 2.00 bits per heavy atom. The van der Waals surface area contributed by atoms with Gasteiger partial charge in [0.1, 0.15) is 0 Å². The van der Waals surface area contributed by atoms with Crippen LogP contribution in [0.4, 0.5) is 0 Å². The van der Waals surface area contributed by atoms with E-state index in [4.69, 9.17) is 0 Å². The Morgan fingerprint density at radius 1 is 1.21 bits per heavy atom. The van der Waals surface area contributed by atoms with Crippen molar-refractivity contribution in [2.45, 2.75) is 55.2 Å². The summed E-state index contributed by atoms with van der Waals surface area (Å²) in [4.78, 5) is 15.0. The van der Waals surface area contributed by atoms with E-state index in [0.717, 1.165) is 18.3 Å². The van der Waals surface area contributed by atoms with Gasteiger partial charge >= 0.3 is 0 Å². The first-order valence-electron chi connectivity index (χ1n) is 9.45. The van der Waals surface area contributed by atoms with Gasteiger partial charge in [0, 0.05) is 35.5 Å². The molecule has 0 spiro atoms.